The van der Waals surface area contributed by atoms with E-state index in [1.807, 2.05) is 35.9 Å². The van der Waals surface area contributed by atoms with Crippen LogP contribution in [-0.2, 0) is 17.9 Å². The van der Waals surface area contributed by atoms with Gasteiger partial charge in [-0.15, -0.1) is 0 Å². The summed E-state index contributed by atoms with van der Waals surface area (Å²) in [6.45, 7) is 3.61. The minimum atomic E-state index is -1.44. The second-order valence-corrected chi connectivity index (χ2v) is 7.80. The molecular formula is C22H25FN4O2. The van der Waals surface area contributed by atoms with Gasteiger partial charge in [0.15, 0.2) is 5.60 Å². The van der Waals surface area contributed by atoms with E-state index in [0.717, 1.165) is 28.9 Å². The highest BCUT2D eigenvalue weighted by Crippen LogP contribution is 2.24. The van der Waals surface area contributed by atoms with Gasteiger partial charge in [-0.05, 0) is 49.1 Å². The first kappa shape index (κ1) is 19.5. The number of carbonyl (C=O) groups excluding carboxylic acids is 1. The Kier molecular flexibility index (Phi) is 5.34. The van der Waals surface area contributed by atoms with Gasteiger partial charge >= 0.3 is 0 Å². The van der Waals surface area contributed by atoms with Crippen LogP contribution in [0, 0.1) is 12.7 Å². The van der Waals surface area contributed by atoms with Crippen molar-refractivity contribution in [3.05, 3.63) is 71.4 Å². The van der Waals surface area contributed by atoms with E-state index < -0.39 is 5.60 Å². The van der Waals surface area contributed by atoms with Crippen molar-refractivity contribution in [2.45, 2.75) is 38.5 Å². The molecule has 1 aromatic carbocycles. The monoisotopic (exact) mass is 396 g/mol. The van der Waals surface area contributed by atoms with Gasteiger partial charge in [-0.1, -0.05) is 18.2 Å². The molecule has 0 radical (unpaired) electrons. The van der Waals surface area contributed by atoms with Gasteiger partial charge in [-0.2, -0.15) is 0 Å². The Morgan fingerprint density at radius 2 is 2.00 bits per heavy atom. The predicted molar refractivity (Wildman–Crippen MR) is 108 cm³/mol. The molecule has 0 saturated carbocycles. The number of aliphatic hydroxyl groups is 1. The second kappa shape index (κ2) is 7.93. The molecule has 1 saturated heterocycles. The zero-order valence-corrected chi connectivity index (χ0v) is 16.4. The van der Waals surface area contributed by atoms with Crippen molar-refractivity contribution in [1.82, 2.24) is 19.6 Å². The Morgan fingerprint density at radius 3 is 2.79 bits per heavy atom. The van der Waals surface area contributed by atoms with Crippen LogP contribution in [0.25, 0.3) is 5.65 Å². The number of piperidine rings is 1. The number of aryl methyl sites for hydroxylation is 1. The van der Waals surface area contributed by atoms with E-state index in [-0.39, 0.29) is 18.3 Å². The number of rotatable bonds is 6. The number of halogens is 1. The third-order valence-electron chi connectivity index (χ3n) is 5.36. The highest BCUT2D eigenvalue weighted by atomic mass is 19.1. The molecule has 7 heteroatoms. The molecule has 1 amide bonds. The van der Waals surface area contributed by atoms with Gasteiger partial charge in [0.25, 0.3) is 5.91 Å². The van der Waals surface area contributed by atoms with Crippen molar-refractivity contribution in [2.75, 3.05) is 13.1 Å². The van der Waals surface area contributed by atoms with Crippen LogP contribution in [0.3, 0.4) is 0 Å². The lowest BCUT2D eigenvalue weighted by Crippen LogP contribution is -2.57. The summed E-state index contributed by atoms with van der Waals surface area (Å²) < 4.78 is 15.1. The minimum absolute atomic E-state index is 0.165. The van der Waals surface area contributed by atoms with Crippen molar-refractivity contribution in [2.24, 2.45) is 0 Å². The number of nitrogens with one attached hydrogen (secondary N) is 1. The summed E-state index contributed by atoms with van der Waals surface area (Å²) in [5.74, 6) is -0.590. The fourth-order valence-electron chi connectivity index (χ4n) is 3.83. The smallest absolute Gasteiger partial charge is 0.256 e. The van der Waals surface area contributed by atoms with Crippen LogP contribution in [0.5, 0.6) is 0 Å². The molecule has 6 nitrogen and oxygen atoms in total. The molecule has 0 bridgehead atoms. The Morgan fingerprint density at radius 1 is 1.21 bits per heavy atom. The Hall–Kier alpha value is -2.77. The number of benzene rings is 1. The molecule has 4 rings (SSSR count). The Labute approximate surface area is 169 Å². The van der Waals surface area contributed by atoms with Gasteiger partial charge in [-0.25, -0.2) is 9.37 Å². The zero-order chi connectivity index (χ0) is 20.4. The maximum Gasteiger partial charge on any atom is 0.256 e. The zero-order valence-electron chi connectivity index (χ0n) is 16.4. The molecule has 1 fully saturated rings. The summed E-state index contributed by atoms with van der Waals surface area (Å²) in [4.78, 5) is 19.1. The van der Waals surface area contributed by atoms with Crippen molar-refractivity contribution in [3.8, 4) is 0 Å². The molecule has 1 aliphatic rings. The van der Waals surface area contributed by atoms with E-state index in [0.29, 0.717) is 26.1 Å². The quantitative estimate of drug-likeness (QED) is 0.672. The van der Waals surface area contributed by atoms with Crippen molar-refractivity contribution in [3.63, 3.8) is 0 Å². The van der Waals surface area contributed by atoms with Gasteiger partial charge in [0, 0.05) is 38.6 Å². The van der Waals surface area contributed by atoms with E-state index in [9.17, 15) is 14.3 Å². The number of carbonyl (C=O) groups is 1. The Bertz CT molecular complexity index is 1020. The lowest BCUT2D eigenvalue weighted by atomic mass is 9.91. The van der Waals surface area contributed by atoms with Crippen molar-refractivity contribution < 1.29 is 14.3 Å². The number of fused-ring (bicyclic) bond motifs is 1. The van der Waals surface area contributed by atoms with Crippen LogP contribution in [-0.4, -0.2) is 44.0 Å². The van der Waals surface area contributed by atoms with Gasteiger partial charge in [-0.3, -0.25) is 4.79 Å². The second-order valence-electron chi connectivity index (χ2n) is 7.80. The summed E-state index contributed by atoms with van der Waals surface area (Å²) in [6.07, 6.45) is 5.10. The molecule has 3 aromatic rings. The van der Waals surface area contributed by atoms with Crippen LogP contribution < -0.4 is 5.32 Å². The van der Waals surface area contributed by atoms with Gasteiger partial charge in [0.05, 0.1) is 5.69 Å². The highest BCUT2D eigenvalue weighted by Gasteiger charge is 2.41. The molecule has 0 aliphatic carbocycles. The average molecular weight is 396 g/mol. The first-order chi connectivity index (χ1) is 13.9. The third kappa shape index (κ3) is 4.31. The number of nitrogens with zero attached hydrogens (tertiary/aromatic N) is 3. The lowest BCUT2D eigenvalue weighted by Gasteiger charge is -2.38. The topological polar surface area (TPSA) is 69.9 Å². The molecule has 3 heterocycles. The van der Waals surface area contributed by atoms with Crippen molar-refractivity contribution >= 4 is 11.6 Å². The fourth-order valence-corrected chi connectivity index (χ4v) is 3.83. The van der Waals surface area contributed by atoms with Crippen LogP contribution in [0.15, 0.2) is 48.8 Å². The summed E-state index contributed by atoms with van der Waals surface area (Å²) in [6, 6.07) is 10.1. The molecule has 2 aromatic heterocycles. The van der Waals surface area contributed by atoms with Gasteiger partial charge in [0.1, 0.15) is 11.5 Å². The minimum Gasteiger partial charge on any atom is -0.379 e. The summed E-state index contributed by atoms with van der Waals surface area (Å²) >= 11 is 0. The molecule has 1 atom stereocenters. The number of hydrogen-bond acceptors (Lipinski definition) is 4. The molecule has 2 N–H and O–H groups in total. The summed E-state index contributed by atoms with van der Waals surface area (Å²) in [7, 11) is 0. The van der Waals surface area contributed by atoms with E-state index in [2.05, 4.69) is 10.3 Å². The number of likely N-dealkylation sites (tertiary alicyclic amines) is 1. The standard InChI is InChI=1S/C22H25FN4O2/c1-16-3-8-20-25-19(14-27(20)12-16)11-24-15-22(29)9-2-10-26(21(22)28)13-17-4-6-18(23)7-5-17/h3-8,12,14,24,29H,2,9-11,13,15H2,1H3/t22-/m0/s1. The molecule has 0 spiro atoms. The molecular weight excluding hydrogens is 371 g/mol. The van der Waals surface area contributed by atoms with Gasteiger partial charge in [0.2, 0.25) is 0 Å². The van der Waals surface area contributed by atoms with Crippen LogP contribution in [0.4, 0.5) is 4.39 Å². The third-order valence-corrected chi connectivity index (χ3v) is 5.36. The first-order valence-corrected chi connectivity index (χ1v) is 9.84. The van der Waals surface area contributed by atoms with Crippen LogP contribution in [0.2, 0.25) is 0 Å². The van der Waals surface area contributed by atoms with Crippen LogP contribution >= 0.6 is 0 Å². The first-order valence-electron chi connectivity index (χ1n) is 9.84. The molecule has 1 aliphatic heterocycles. The largest absolute Gasteiger partial charge is 0.379 e. The summed E-state index contributed by atoms with van der Waals surface area (Å²) in [5, 5.41) is 14.1. The van der Waals surface area contributed by atoms with E-state index in [1.54, 1.807) is 17.0 Å². The number of imidazole rings is 1. The molecule has 152 valence electrons. The van der Waals surface area contributed by atoms with E-state index >= 15 is 0 Å². The number of hydrogen-bond donors (Lipinski definition) is 2. The van der Waals surface area contributed by atoms with E-state index in [4.69, 9.17) is 0 Å². The lowest BCUT2D eigenvalue weighted by molar-refractivity contribution is -0.157. The van der Waals surface area contributed by atoms with Gasteiger partial charge < -0.3 is 19.7 Å². The number of aromatic nitrogens is 2. The summed E-state index contributed by atoms with van der Waals surface area (Å²) in [5.41, 5.74) is 2.28. The highest BCUT2D eigenvalue weighted by molar-refractivity contribution is 5.86. The fraction of sp³-hybridized carbons (Fsp3) is 0.364. The maximum absolute atomic E-state index is 13.1. The number of pyridine rings is 1. The van der Waals surface area contributed by atoms with Crippen molar-refractivity contribution in [1.29, 1.82) is 0 Å². The molecule has 29 heavy (non-hydrogen) atoms. The number of amides is 1. The predicted octanol–water partition coefficient (Wildman–Crippen LogP) is 2.43. The SMILES string of the molecule is Cc1ccc2nc(CNC[C@@]3(O)CCCN(Cc4ccc(F)cc4)C3=O)cn2c1. The molecule has 0 unspecified atom stereocenters. The maximum atomic E-state index is 13.1. The Balaban J connectivity index is 1.37. The average Bonchev–Trinajstić information content (AvgIpc) is 3.09. The van der Waals surface area contributed by atoms with E-state index in [1.165, 1.54) is 12.1 Å². The van der Waals surface area contributed by atoms with Crippen LogP contribution in [0.1, 0.15) is 29.7 Å². The normalized spacial score (nSPS) is 19.8.